The molecule has 86 valence electrons. The predicted octanol–water partition coefficient (Wildman–Crippen LogP) is 1.29. The maximum Gasteiger partial charge on any atom is 0.140 e. The number of nitrogens with zero attached hydrogens (tertiary/aromatic N) is 1. The second-order valence-electron chi connectivity index (χ2n) is 3.36. The van der Waals surface area contributed by atoms with Gasteiger partial charge in [0.1, 0.15) is 11.9 Å². The molecule has 0 saturated heterocycles. The molecule has 5 heteroatoms. The van der Waals surface area contributed by atoms with Crippen LogP contribution in [0, 0.1) is 17.1 Å². The molecule has 0 spiro atoms. The number of hydrogen-bond acceptors (Lipinski definition) is 3. The van der Waals surface area contributed by atoms with Gasteiger partial charge in [0.25, 0.3) is 0 Å². The maximum atomic E-state index is 13.0. The number of hydrogen-bond donors (Lipinski definition) is 1. The van der Waals surface area contributed by atoms with Crippen LogP contribution < -0.4 is 5.73 Å². The Morgan fingerprint density at radius 1 is 1.50 bits per heavy atom. The Balaban J connectivity index is 2.68. The van der Waals surface area contributed by atoms with Crippen LogP contribution in [0.4, 0.5) is 4.39 Å². The topological polar surface area (TPSA) is 66.9 Å². The van der Waals surface area contributed by atoms with Crippen LogP contribution in [0.5, 0.6) is 0 Å². The summed E-state index contributed by atoms with van der Waals surface area (Å²) >= 11 is 0. The van der Waals surface area contributed by atoms with Gasteiger partial charge in [-0.25, -0.2) is 4.39 Å². The molecule has 1 aromatic rings. The van der Waals surface area contributed by atoms with E-state index < -0.39 is 16.6 Å². The standard InChI is InChI=1S/C11H13FN2OS/c12-11-3-2-9(6-10(11)7-14)8-16(15)5-1-4-13/h2-3,6H,1,4-5,8,13H2. The summed E-state index contributed by atoms with van der Waals surface area (Å²) in [6.45, 7) is 0.513. The quantitative estimate of drug-likeness (QED) is 0.843. The van der Waals surface area contributed by atoms with Gasteiger partial charge in [0.15, 0.2) is 0 Å². The highest BCUT2D eigenvalue weighted by Crippen LogP contribution is 2.11. The second kappa shape index (κ2) is 6.36. The molecule has 0 bridgehead atoms. The van der Waals surface area contributed by atoms with Crippen molar-refractivity contribution in [3.8, 4) is 6.07 Å². The number of nitrogens with two attached hydrogens (primary N) is 1. The molecule has 0 aliphatic carbocycles. The van der Waals surface area contributed by atoms with E-state index in [2.05, 4.69) is 0 Å². The zero-order valence-corrected chi connectivity index (χ0v) is 9.60. The summed E-state index contributed by atoms with van der Waals surface area (Å²) in [5, 5.41) is 8.64. The van der Waals surface area contributed by atoms with Gasteiger partial charge in [0.05, 0.1) is 5.56 Å². The van der Waals surface area contributed by atoms with Crippen LogP contribution in [-0.2, 0) is 16.6 Å². The average molecular weight is 240 g/mol. The fraction of sp³-hybridized carbons (Fsp3) is 0.364. The lowest BCUT2D eigenvalue weighted by molar-refractivity contribution is 0.623. The zero-order valence-electron chi connectivity index (χ0n) is 8.78. The Kier molecular flexibility index (Phi) is 5.09. The van der Waals surface area contributed by atoms with E-state index in [0.717, 1.165) is 0 Å². The van der Waals surface area contributed by atoms with Gasteiger partial charge >= 0.3 is 0 Å². The van der Waals surface area contributed by atoms with Crippen molar-refractivity contribution in [2.75, 3.05) is 12.3 Å². The monoisotopic (exact) mass is 240 g/mol. The number of rotatable bonds is 5. The molecule has 1 aromatic carbocycles. The van der Waals surface area contributed by atoms with Gasteiger partial charge in [-0.3, -0.25) is 4.21 Å². The van der Waals surface area contributed by atoms with Gasteiger partial charge in [-0.05, 0) is 30.7 Å². The van der Waals surface area contributed by atoms with Crippen molar-refractivity contribution in [2.24, 2.45) is 5.73 Å². The average Bonchev–Trinajstić information content (AvgIpc) is 2.29. The molecule has 0 aromatic heterocycles. The smallest absolute Gasteiger partial charge is 0.140 e. The summed E-state index contributed by atoms with van der Waals surface area (Å²) in [4.78, 5) is 0. The largest absolute Gasteiger partial charge is 0.330 e. The van der Waals surface area contributed by atoms with E-state index in [1.165, 1.54) is 12.1 Å². The van der Waals surface area contributed by atoms with Crippen LogP contribution in [-0.4, -0.2) is 16.5 Å². The third kappa shape index (κ3) is 3.72. The van der Waals surface area contributed by atoms with Crippen molar-refractivity contribution in [1.29, 1.82) is 5.26 Å². The second-order valence-corrected chi connectivity index (χ2v) is 4.93. The van der Waals surface area contributed by atoms with Crippen molar-refractivity contribution in [3.05, 3.63) is 35.1 Å². The summed E-state index contributed by atoms with van der Waals surface area (Å²) in [6.07, 6.45) is 0.707. The van der Waals surface area contributed by atoms with Crippen molar-refractivity contribution >= 4 is 10.8 Å². The molecule has 0 amide bonds. The van der Waals surface area contributed by atoms with Crippen LogP contribution in [0.1, 0.15) is 17.5 Å². The van der Waals surface area contributed by atoms with Crippen LogP contribution in [0.3, 0.4) is 0 Å². The molecule has 0 heterocycles. The highest BCUT2D eigenvalue weighted by Gasteiger charge is 2.05. The summed E-state index contributed by atoms with van der Waals surface area (Å²) in [5.41, 5.74) is 6.02. The number of nitriles is 1. The normalized spacial score (nSPS) is 12.1. The van der Waals surface area contributed by atoms with E-state index in [0.29, 0.717) is 30.0 Å². The minimum absolute atomic E-state index is 0.00618. The van der Waals surface area contributed by atoms with Crippen LogP contribution in [0.2, 0.25) is 0 Å². The molecule has 0 fully saturated rings. The third-order valence-electron chi connectivity index (χ3n) is 2.06. The highest BCUT2D eigenvalue weighted by molar-refractivity contribution is 7.84. The van der Waals surface area contributed by atoms with Gasteiger partial charge < -0.3 is 5.73 Å². The first-order valence-corrected chi connectivity index (χ1v) is 6.39. The first-order chi connectivity index (χ1) is 7.67. The molecular formula is C11H13FN2OS. The van der Waals surface area contributed by atoms with Gasteiger partial charge in [-0.1, -0.05) is 6.07 Å². The van der Waals surface area contributed by atoms with Gasteiger partial charge in [0.2, 0.25) is 0 Å². The SMILES string of the molecule is N#Cc1cc(CS(=O)CCCN)ccc1F. The van der Waals surface area contributed by atoms with E-state index in [9.17, 15) is 8.60 Å². The van der Waals surface area contributed by atoms with Crippen molar-refractivity contribution in [1.82, 2.24) is 0 Å². The molecule has 0 aliphatic rings. The van der Waals surface area contributed by atoms with Crippen LogP contribution >= 0.6 is 0 Å². The summed E-state index contributed by atoms with van der Waals surface area (Å²) in [6, 6.07) is 5.98. The van der Waals surface area contributed by atoms with Crippen molar-refractivity contribution in [3.63, 3.8) is 0 Å². The highest BCUT2D eigenvalue weighted by atomic mass is 32.2. The Morgan fingerprint density at radius 2 is 2.25 bits per heavy atom. The molecule has 0 saturated carbocycles. The lowest BCUT2D eigenvalue weighted by Crippen LogP contribution is -2.07. The molecule has 1 unspecified atom stereocenters. The van der Waals surface area contributed by atoms with Gasteiger partial charge in [-0.2, -0.15) is 5.26 Å². The van der Waals surface area contributed by atoms with E-state index in [-0.39, 0.29) is 5.56 Å². The van der Waals surface area contributed by atoms with Crippen molar-refractivity contribution < 1.29 is 8.60 Å². The lowest BCUT2D eigenvalue weighted by Gasteiger charge is -2.02. The van der Waals surface area contributed by atoms with E-state index in [4.69, 9.17) is 11.0 Å². The Hall–Kier alpha value is -1.25. The number of benzene rings is 1. The summed E-state index contributed by atoms with van der Waals surface area (Å²) < 4.78 is 24.5. The Morgan fingerprint density at radius 3 is 2.88 bits per heavy atom. The first-order valence-electron chi connectivity index (χ1n) is 4.91. The molecular weight excluding hydrogens is 227 g/mol. The predicted molar refractivity (Wildman–Crippen MR) is 61.5 cm³/mol. The minimum atomic E-state index is -1.000. The summed E-state index contributed by atoms with van der Waals surface area (Å²) in [7, 11) is -1.000. The summed E-state index contributed by atoms with van der Waals surface area (Å²) in [5.74, 6) is 0.337. The van der Waals surface area contributed by atoms with E-state index >= 15 is 0 Å². The molecule has 1 rings (SSSR count). The molecule has 16 heavy (non-hydrogen) atoms. The molecule has 1 atom stereocenters. The lowest BCUT2D eigenvalue weighted by atomic mass is 10.1. The minimum Gasteiger partial charge on any atom is -0.330 e. The Bertz CT molecular complexity index is 428. The molecule has 2 N–H and O–H groups in total. The van der Waals surface area contributed by atoms with Gasteiger partial charge in [-0.15, -0.1) is 0 Å². The maximum absolute atomic E-state index is 13.0. The first kappa shape index (κ1) is 12.8. The Labute approximate surface area is 96.5 Å². The fourth-order valence-corrected chi connectivity index (χ4v) is 2.43. The number of halogens is 1. The molecule has 3 nitrogen and oxygen atoms in total. The van der Waals surface area contributed by atoms with Gasteiger partial charge in [0, 0.05) is 22.3 Å². The molecule has 0 aliphatic heterocycles. The van der Waals surface area contributed by atoms with Crippen LogP contribution in [0.15, 0.2) is 18.2 Å². The van der Waals surface area contributed by atoms with Crippen LogP contribution in [0.25, 0.3) is 0 Å². The van der Waals surface area contributed by atoms with Crippen molar-refractivity contribution in [2.45, 2.75) is 12.2 Å². The zero-order chi connectivity index (χ0) is 12.0. The van der Waals surface area contributed by atoms with E-state index in [1.807, 2.05) is 0 Å². The molecule has 0 radical (unpaired) electrons. The third-order valence-corrected chi connectivity index (χ3v) is 3.45. The van der Waals surface area contributed by atoms with E-state index in [1.54, 1.807) is 12.1 Å². The fourth-order valence-electron chi connectivity index (χ4n) is 1.25.